The van der Waals surface area contributed by atoms with Gasteiger partial charge in [-0.15, -0.1) is 0 Å². The molecule has 1 heterocycles. The molecule has 0 radical (unpaired) electrons. The summed E-state index contributed by atoms with van der Waals surface area (Å²) < 4.78 is 34.1. The molecular formula is C21H15F2NO2S. The van der Waals surface area contributed by atoms with Crippen LogP contribution in [0.3, 0.4) is 0 Å². The van der Waals surface area contributed by atoms with Crippen molar-refractivity contribution in [3.05, 3.63) is 83.9 Å². The molecular weight excluding hydrogens is 368 g/mol. The van der Waals surface area contributed by atoms with Crippen LogP contribution in [0.4, 0.5) is 20.2 Å². The minimum absolute atomic E-state index is 0.193. The van der Waals surface area contributed by atoms with Gasteiger partial charge in [-0.1, -0.05) is 60.3 Å². The molecule has 3 nitrogen and oxygen atoms in total. The summed E-state index contributed by atoms with van der Waals surface area (Å²) in [5.41, 5.74) is 1.66. The summed E-state index contributed by atoms with van der Waals surface area (Å²) in [4.78, 5) is 13.9. The molecule has 0 aromatic heterocycles. The molecule has 6 heteroatoms. The van der Waals surface area contributed by atoms with Crippen LogP contribution in [0, 0.1) is 0 Å². The number of carbonyl (C=O) groups excluding carboxylic acids is 1. The highest BCUT2D eigenvalue weighted by Crippen LogP contribution is 2.45. The Morgan fingerprint density at radius 1 is 0.926 bits per heavy atom. The van der Waals surface area contributed by atoms with Gasteiger partial charge in [-0.3, -0.25) is 0 Å². The number of hydrogen-bond donors (Lipinski definition) is 1. The van der Waals surface area contributed by atoms with Crippen molar-refractivity contribution in [1.29, 1.82) is 0 Å². The Kier molecular flexibility index (Phi) is 4.58. The maximum absolute atomic E-state index is 14.6. The van der Waals surface area contributed by atoms with Crippen molar-refractivity contribution >= 4 is 29.1 Å². The summed E-state index contributed by atoms with van der Waals surface area (Å²) in [6.45, 7) is -0.193. The van der Waals surface area contributed by atoms with Crippen LogP contribution in [0.5, 0.6) is 0 Å². The molecule has 27 heavy (non-hydrogen) atoms. The molecule has 0 saturated heterocycles. The lowest BCUT2D eigenvalue weighted by molar-refractivity contribution is -0.175. The van der Waals surface area contributed by atoms with Crippen LogP contribution in [-0.2, 0) is 22.1 Å². The Labute approximate surface area is 159 Å². The van der Waals surface area contributed by atoms with E-state index in [0.717, 1.165) is 15.5 Å². The van der Waals surface area contributed by atoms with E-state index in [1.807, 2.05) is 24.3 Å². The number of esters is 1. The number of carbonyl (C=O) groups is 1. The van der Waals surface area contributed by atoms with Gasteiger partial charge in [0.05, 0.1) is 11.4 Å². The summed E-state index contributed by atoms with van der Waals surface area (Å²) >= 11 is 1.49. The number of fused-ring (bicyclic) bond motifs is 2. The second kappa shape index (κ2) is 7.04. The standard InChI is InChI=1S/C21H15F2NO2S/c22-21(23,20(25)26-13-14-6-2-1-3-7-14)15-10-11-19-17(12-15)24-16-8-4-5-9-18(16)27-19/h1-12,24H,13H2. The number of ether oxygens (including phenoxy) is 1. The third-order valence-electron chi connectivity index (χ3n) is 4.19. The molecule has 0 aliphatic carbocycles. The number of benzene rings is 3. The summed E-state index contributed by atoms with van der Waals surface area (Å²) in [7, 11) is 0. The predicted molar refractivity (Wildman–Crippen MR) is 100 cm³/mol. The average molecular weight is 383 g/mol. The first-order chi connectivity index (χ1) is 13.0. The highest BCUT2D eigenvalue weighted by Gasteiger charge is 2.43. The van der Waals surface area contributed by atoms with Crippen LogP contribution in [-0.4, -0.2) is 5.97 Å². The molecule has 136 valence electrons. The fourth-order valence-corrected chi connectivity index (χ4v) is 3.73. The van der Waals surface area contributed by atoms with E-state index in [0.29, 0.717) is 11.3 Å². The number of para-hydroxylation sites is 1. The smallest absolute Gasteiger partial charge is 0.382 e. The second-order valence-electron chi connectivity index (χ2n) is 6.07. The van der Waals surface area contributed by atoms with Gasteiger partial charge in [0.15, 0.2) is 0 Å². The van der Waals surface area contributed by atoms with Crippen molar-refractivity contribution in [2.24, 2.45) is 0 Å². The monoisotopic (exact) mass is 383 g/mol. The Morgan fingerprint density at radius 2 is 1.63 bits per heavy atom. The van der Waals surface area contributed by atoms with Crippen LogP contribution in [0.1, 0.15) is 11.1 Å². The SMILES string of the molecule is O=C(OCc1ccccc1)C(F)(F)c1ccc2c(c1)Nc1ccccc1S2. The van der Waals surface area contributed by atoms with Crippen LogP contribution < -0.4 is 5.32 Å². The van der Waals surface area contributed by atoms with E-state index < -0.39 is 17.5 Å². The van der Waals surface area contributed by atoms with E-state index in [1.165, 1.54) is 23.9 Å². The highest BCUT2D eigenvalue weighted by molar-refractivity contribution is 7.99. The van der Waals surface area contributed by atoms with Crippen molar-refractivity contribution in [3.63, 3.8) is 0 Å². The summed E-state index contributed by atoms with van der Waals surface area (Å²) in [6, 6.07) is 20.5. The normalized spacial score (nSPS) is 12.5. The molecule has 0 atom stereocenters. The molecule has 0 amide bonds. The zero-order chi connectivity index (χ0) is 18.9. The van der Waals surface area contributed by atoms with Crippen LogP contribution in [0.15, 0.2) is 82.6 Å². The first kappa shape index (κ1) is 17.5. The van der Waals surface area contributed by atoms with Gasteiger partial charge in [0.1, 0.15) is 6.61 Å². The highest BCUT2D eigenvalue weighted by atomic mass is 32.2. The zero-order valence-corrected chi connectivity index (χ0v) is 14.9. The molecule has 0 saturated carbocycles. The van der Waals surface area contributed by atoms with E-state index >= 15 is 0 Å². The Balaban J connectivity index is 1.53. The van der Waals surface area contributed by atoms with Crippen molar-refractivity contribution < 1.29 is 18.3 Å². The molecule has 3 aromatic rings. The maximum Gasteiger partial charge on any atom is 0.382 e. The molecule has 0 bridgehead atoms. The average Bonchev–Trinajstić information content (AvgIpc) is 2.70. The summed E-state index contributed by atoms with van der Waals surface area (Å²) in [6.07, 6.45) is 0. The van der Waals surface area contributed by atoms with Gasteiger partial charge in [-0.25, -0.2) is 4.79 Å². The van der Waals surface area contributed by atoms with E-state index in [9.17, 15) is 13.6 Å². The van der Waals surface area contributed by atoms with E-state index in [4.69, 9.17) is 4.74 Å². The molecule has 0 unspecified atom stereocenters. The third-order valence-corrected chi connectivity index (χ3v) is 5.34. The first-order valence-corrected chi connectivity index (χ1v) is 9.13. The van der Waals surface area contributed by atoms with Crippen molar-refractivity contribution in [3.8, 4) is 0 Å². The summed E-state index contributed by atoms with van der Waals surface area (Å²) in [5, 5.41) is 3.14. The minimum Gasteiger partial charge on any atom is -0.456 e. The Morgan fingerprint density at radius 3 is 2.44 bits per heavy atom. The molecule has 1 aliphatic heterocycles. The third kappa shape index (κ3) is 3.53. The second-order valence-corrected chi connectivity index (χ2v) is 7.15. The largest absolute Gasteiger partial charge is 0.456 e. The summed E-state index contributed by atoms with van der Waals surface area (Å²) in [5.74, 6) is -5.29. The molecule has 1 aliphatic rings. The van der Waals surface area contributed by atoms with E-state index in [-0.39, 0.29) is 6.61 Å². The Hall–Kier alpha value is -2.86. The number of alkyl halides is 2. The molecule has 1 N–H and O–H groups in total. The van der Waals surface area contributed by atoms with Crippen molar-refractivity contribution in [2.45, 2.75) is 22.3 Å². The van der Waals surface area contributed by atoms with Crippen LogP contribution in [0.25, 0.3) is 0 Å². The lowest BCUT2D eigenvalue weighted by atomic mass is 10.1. The van der Waals surface area contributed by atoms with E-state index in [2.05, 4.69) is 5.32 Å². The van der Waals surface area contributed by atoms with Crippen molar-refractivity contribution in [1.82, 2.24) is 0 Å². The van der Waals surface area contributed by atoms with Gasteiger partial charge < -0.3 is 10.1 Å². The molecule has 0 fully saturated rings. The number of nitrogens with one attached hydrogen (secondary N) is 1. The topological polar surface area (TPSA) is 38.3 Å². The van der Waals surface area contributed by atoms with Gasteiger partial charge >= 0.3 is 11.9 Å². The van der Waals surface area contributed by atoms with Crippen molar-refractivity contribution in [2.75, 3.05) is 5.32 Å². The molecule has 3 aromatic carbocycles. The fraction of sp³-hybridized carbons (Fsp3) is 0.0952. The lowest BCUT2D eigenvalue weighted by Crippen LogP contribution is -2.28. The van der Waals surface area contributed by atoms with Gasteiger partial charge in [0.2, 0.25) is 0 Å². The van der Waals surface area contributed by atoms with E-state index in [1.54, 1.807) is 36.4 Å². The van der Waals surface area contributed by atoms with Crippen LogP contribution >= 0.6 is 11.8 Å². The number of rotatable bonds is 4. The molecule has 0 spiro atoms. The molecule has 4 rings (SSSR count). The fourth-order valence-electron chi connectivity index (χ4n) is 2.77. The lowest BCUT2D eigenvalue weighted by Gasteiger charge is -2.23. The van der Waals surface area contributed by atoms with Gasteiger partial charge in [-0.2, -0.15) is 8.78 Å². The quantitative estimate of drug-likeness (QED) is 0.457. The number of hydrogen-bond acceptors (Lipinski definition) is 4. The van der Waals surface area contributed by atoms with Crippen LogP contribution in [0.2, 0.25) is 0 Å². The Bertz CT molecular complexity index is 992. The van der Waals surface area contributed by atoms with Gasteiger partial charge in [0, 0.05) is 15.4 Å². The number of halogens is 2. The predicted octanol–water partition coefficient (Wildman–Crippen LogP) is 5.73. The number of anilines is 2. The zero-order valence-electron chi connectivity index (χ0n) is 14.1. The minimum atomic E-state index is -3.73. The van der Waals surface area contributed by atoms with Gasteiger partial charge in [0.25, 0.3) is 0 Å². The van der Waals surface area contributed by atoms with Gasteiger partial charge in [-0.05, 0) is 29.8 Å². The first-order valence-electron chi connectivity index (χ1n) is 8.31. The maximum atomic E-state index is 14.6.